The molecule has 0 radical (unpaired) electrons. The Morgan fingerprint density at radius 3 is 2.64 bits per heavy atom. The molecule has 1 unspecified atom stereocenters. The third-order valence-corrected chi connectivity index (χ3v) is 2.27. The first-order valence-electron chi connectivity index (χ1n) is 5.14. The first-order chi connectivity index (χ1) is 6.77. The van der Waals surface area contributed by atoms with E-state index in [-0.39, 0.29) is 6.10 Å². The van der Waals surface area contributed by atoms with Gasteiger partial charge in [0.2, 0.25) is 0 Å². The Morgan fingerprint density at radius 1 is 1.36 bits per heavy atom. The van der Waals surface area contributed by atoms with E-state index in [0.29, 0.717) is 0 Å². The van der Waals surface area contributed by atoms with Crippen molar-refractivity contribution in [2.45, 2.75) is 26.4 Å². The molecule has 1 N–H and O–H groups in total. The average Bonchev–Trinajstić information content (AvgIpc) is 2.20. The third kappa shape index (κ3) is 3.04. The number of benzene rings is 1. The fourth-order valence-electron chi connectivity index (χ4n) is 1.37. The van der Waals surface area contributed by atoms with E-state index in [0.717, 1.165) is 18.7 Å². The highest BCUT2D eigenvalue weighted by Crippen LogP contribution is 2.18. The Kier molecular flexibility index (Phi) is 4.47. The van der Waals surface area contributed by atoms with Gasteiger partial charge in [-0.15, -0.1) is 0 Å². The molecular formula is C12H19NO. The van der Waals surface area contributed by atoms with E-state index < -0.39 is 0 Å². The molecule has 1 rings (SSSR count). The lowest BCUT2D eigenvalue weighted by molar-refractivity contribution is 0.195. The Bertz CT molecular complexity index is 273. The summed E-state index contributed by atoms with van der Waals surface area (Å²) in [5.74, 6) is 0.995. The van der Waals surface area contributed by atoms with E-state index in [1.54, 1.807) is 0 Å². The number of nitrogens with one attached hydrogen (secondary N) is 1. The first kappa shape index (κ1) is 11.1. The quantitative estimate of drug-likeness (QED) is 0.775. The van der Waals surface area contributed by atoms with E-state index in [9.17, 15) is 0 Å². The summed E-state index contributed by atoms with van der Waals surface area (Å²) in [7, 11) is 1.95. The molecule has 78 valence electrons. The van der Waals surface area contributed by atoms with Crippen LogP contribution in [0.2, 0.25) is 0 Å². The molecule has 0 amide bonds. The summed E-state index contributed by atoms with van der Waals surface area (Å²) in [5.41, 5.74) is 1.20. The second-order valence-corrected chi connectivity index (χ2v) is 3.47. The zero-order chi connectivity index (χ0) is 10.4. The van der Waals surface area contributed by atoms with Gasteiger partial charge in [0, 0.05) is 6.54 Å². The molecule has 1 aromatic carbocycles. The van der Waals surface area contributed by atoms with Crippen LogP contribution in [0.3, 0.4) is 0 Å². The van der Waals surface area contributed by atoms with E-state index in [1.807, 2.05) is 25.2 Å². The zero-order valence-electron chi connectivity index (χ0n) is 9.21. The first-order valence-corrected chi connectivity index (χ1v) is 5.14. The largest absolute Gasteiger partial charge is 0.489 e. The predicted octanol–water partition coefficient (Wildman–Crippen LogP) is 2.37. The SMILES string of the molecule is CCC(CNC)Oc1ccccc1C. The van der Waals surface area contributed by atoms with Crippen molar-refractivity contribution in [3.05, 3.63) is 29.8 Å². The number of rotatable bonds is 5. The Labute approximate surface area is 86.3 Å². The lowest BCUT2D eigenvalue weighted by Gasteiger charge is -2.18. The topological polar surface area (TPSA) is 21.3 Å². The monoisotopic (exact) mass is 193 g/mol. The highest BCUT2D eigenvalue weighted by molar-refractivity contribution is 5.31. The second kappa shape index (κ2) is 5.66. The van der Waals surface area contributed by atoms with Crippen molar-refractivity contribution < 1.29 is 4.74 Å². The maximum Gasteiger partial charge on any atom is 0.122 e. The summed E-state index contributed by atoms with van der Waals surface area (Å²) >= 11 is 0. The van der Waals surface area contributed by atoms with Crippen LogP contribution in [0.4, 0.5) is 0 Å². The minimum atomic E-state index is 0.265. The number of ether oxygens (including phenoxy) is 1. The van der Waals surface area contributed by atoms with Crippen LogP contribution in [0.25, 0.3) is 0 Å². The van der Waals surface area contributed by atoms with Gasteiger partial charge in [0.05, 0.1) is 0 Å². The number of likely N-dealkylation sites (N-methyl/N-ethyl adjacent to an activating group) is 1. The summed E-state index contributed by atoms with van der Waals surface area (Å²) in [4.78, 5) is 0. The van der Waals surface area contributed by atoms with Gasteiger partial charge in [-0.3, -0.25) is 0 Å². The van der Waals surface area contributed by atoms with Gasteiger partial charge in [-0.2, -0.15) is 0 Å². The van der Waals surface area contributed by atoms with Crippen LogP contribution in [0.15, 0.2) is 24.3 Å². The number of aryl methyl sites for hydroxylation is 1. The summed E-state index contributed by atoms with van der Waals surface area (Å²) in [6, 6.07) is 8.13. The van der Waals surface area contributed by atoms with Crippen molar-refractivity contribution in [3.63, 3.8) is 0 Å². The van der Waals surface area contributed by atoms with E-state index in [2.05, 4.69) is 25.2 Å². The summed E-state index contributed by atoms with van der Waals surface area (Å²) in [6.45, 7) is 5.10. The summed E-state index contributed by atoms with van der Waals surface area (Å²) in [5, 5.41) is 3.13. The molecule has 0 aliphatic rings. The Morgan fingerprint density at radius 2 is 2.07 bits per heavy atom. The lowest BCUT2D eigenvalue weighted by atomic mass is 10.2. The number of para-hydroxylation sites is 1. The molecule has 2 nitrogen and oxygen atoms in total. The number of hydrogen-bond donors (Lipinski definition) is 1. The van der Waals surface area contributed by atoms with Crippen molar-refractivity contribution in [1.29, 1.82) is 0 Å². The molecule has 0 saturated carbocycles. The van der Waals surface area contributed by atoms with Crippen LogP contribution in [0, 0.1) is 6.92 Å². The van der Waals surface area contributed by atoms with Crippen LogP contribution < -0.4 is 10.1 Å². The fourth-order valence-corrected chi connectivity index (χ4v) is 1.37. The third-order valence-electron chi connectivity index (χ3n) is 2.27. The normalized spacial score (nSPS) is 12.5. The zero-order valence-corrected chi connectivity index (χ0v) is 9.21. The highest BCUT2D eigenvalue weighted by atomic mass is 16.5. The molecule has 1 aromatic rings. The predicted molar refractivity (Wildman–Crippen MR) is 59.8 cm³/mol. The summed E-state index contributed by atoms with van der Waals surface area (Å²) < 4.78 is 5.87. The van der Waals surface area contributed by atoms with Crippen LogP contribution in [0.5, 0.6) is 5.75 Å². The molecule has 0 spiro atoms. The fraction of sp³-hybridized carbons (Fsp3) is 0.500. The molecule has 0 fully saturated rings. The molecule has 0 heterocycles. The molecular weight excluding hydrogens is 174 g/mol. The molecule has 1 atom stereocenters. The van der Waals surface area contributed by atoms with Gasteiger partial charge in [-0.05, 0) is 32.0 Å². The van der Waals surface area contributed by atoms with Crippen molar-refractivity contribution in [2.75, 3.05) is 13.6 Å². The lowest BCUT2D eigenvalue weighted by Crippen LogP contribution is -2.28. The van der Waals surface area contributed by atoms with Gasteiger partial charge in [0.1, 0.15) is 11.9 Å². The van der Waals surface area contributed by atoms with Crippen molar-refractivity contribution in [2.24, 2.45) is 0 Å². The molecule has 14 heavy (non-hydrogen) atoms. The minimum absolute atomic E-state index is 0.265. The van der Waals surface area contributed by atoms with Gasteiger partial charge < -0.3 is 10.1 Å². The highest BCUT2D eigenvalue weighted by Gasteiger charge is 2.07. The minimum Gasteiger partial charge on any atom is -0.489 e. The average molecular weight is 193 g/mol. The molecule has 2 heteroatoms. The maximum absolute atomic E-state index is 5.87. The standard InChI is InChI=1S/C12H19NO/c1-4-11(9-13-3)14-12-8-6-5-7-10(12)2/h5-8,11,13H,4,9H2,1-3H3. The van der Waals surface area contributed by atoms with Crippen LogP contribution in [-0.4, -0.2) is 19.7 Å². The molecule has 0 bridgehead atoms. The van der Waals surface area contributed by atoms with Gasteiger partial charge in [0.25, 0.3) is 0 Å². The van der Waals surface area contributed by atoms with E-state index >= 15 is 0 Å². The Balaban J connectivity index is 2.62. The van der Waals surface area contributed by atoms with Gasteiger partial charge in [0.15, 0.2) is 0 Å². The molecule has 0 aliphatic carbocycles. The molecule has 0 aromatic heterocycles. The van der Waals surface area contributed by atoms with Crippen molar-refractivity contribution >= 4 is 0 Å². The van der Waals surface area contributed by atoms with E-state index in [1.165, 1.54) is 5.56 Å². The van der Waals surface area contributed by atoms with Gasteiger partial charge in [-0.25, -0.2) is 0 Å². The second-order valence-electron chi connectivity index (χ2n) is 3.47. The molecule has 0 aliphatic heterocycles. The van der Waals surface area contributed by atoms with Crippen molar-refractivity contribution in [1.82, 2.24) is 5.32 Å². The smallest absolute Gasteiger partial charge is 0.122 e. The van der Waals surface area contributed by atoms with Crippen LogP contribution in [0.1, 0.15) is 18.9 Å². The van der Waals surface area contributed by atoms with Crippen LogP contribution in [-0.2, 0) is 0 Å². The Hall–Kier alpha value is -1.02. The maximum atomic E-state index is 5.87. The summed E-state index contributed by atoms with van der Waals surface area (Å²) in [6.07, 6.45) is 1.29. The van der Waals surface area contributed by atoms with Crippen LogP contribution >= 0.6 is 0 Å². The molecule has 0 saturated heterocycles. The van der Waals surface area contributed by atoms with E-state index in [4.69, 9.17) is 4.74 Å². The van der Waals surface area contributed by atoms with Gasteiger partial charge >= 0.3 is 0 Å². The number of hydrogen-bond acceptors (Lipinski definition) is 2. The van der Waals surface area contributed by atoms with Gasteiger partial charge in [-0.1, -0.05) is 25.1 Å². The van der Waals surface area contributed by atoms with Crippen molar-refractivity contribution in [3.8, 4) is 5.75 Å².